The zero-order chi connectivity index (χ0) is 13.9. The summed E-state index contributed by atoms with van der Waals surface area (Å²) >= 11 is 3.66. The van der Waals surface area contributed by atoms with Gasteiger partial charge in [-0.2, -0.15) is 0 Å². The molecule has 2 N–H and O–H groups in total. The molecule has 1 heterocycles. The quantitative estimate of drug-likeness (QED) is 0.893. The van der Waals surface area contributed by atoms with Crippen LogP contribution in [0.25, 0.3) is 0 Å². The van der Waals surface area contributed by atoms with E-state index in [4.69, 9.17) is 0 Å². The van der Waals surface area contributed by atoms with Crippen molar-refractivity contribution in [3.05, 3.63) is 28.2 Å². The Labute approximate surface area is 124 Å². The minimum atomic E-state index is -0.569. The van der Waals surface area contributed by atoms with E-state index in [-0.39, 0.29) is 0 Å². The van der Waals surface area contributed by atoms with Gasteiger partial charge in [-0.15, -0.1) is 0 Å². The molecule has 1 aromatic rings. The van der Waals surface area contributed by atoms with Crippen LogP contribution < -0.4 is 10.2 Å². The maximum Gasteiger partial charge on any atom is 0.0794 e. The van der Waals surface area contributed by atoms with E-state index >= 15 is 0 Å². The van der Waals surface area contributed by atoms with Crippen molar-refractivity contribution in [1.82, 2.24) is 5.32 Å². The largest absolute Gasteiger partial charge is 0.388 e. The second kappa shape index (κ2) is 6.25. The molecule has 0 saturated carbocycles. The fraction of sp³-hybridized carbons (Fsp3) is 0.600. The summed E-state index contributed by atoms with van der Waals surface area (Å²) in [5, 5.41) is 13.5. The van der Waals surface area contributed by atoms with Crippen LogP contribution in [0.3, 0.4) is 0 Å². The molecule has 1 fully saturated rings. The standard InChI is InChI=1S/C15H23BrN2O/c1-3-17-10-12-5-6-14(13(16)9-12)18-8-4-7-15(2,19)11-18/h5-6,9,17,19H,3-4,7-8,10-11H2,1-2H3. The number of piperidine rings is 1. The van der Waals surface area contributed by atoms with E-state index in [0.717, 1.165) is 36.9 Å². The molecule has 2 rings (SSSR count). The second-order valence-electron chi connectivity index (χ2n) is 5.59. The minimum Gasteiger partial charge on any atom is -0.388 e. The molecule has 4 heteroatoms. The third-order valence-corrected chi connectivity index (χ3v) is 4.24. The van der Waals surface area contributed by atoms with Gasteiger partial charge in [0.1, 0.15) is 0 Å². The smallest absolute Gasteiger partial charge is 0.0794 e. The van der Waals surface area contributed by atoms with Crippen LogP contribution in [0.4, 0.5) is 5.69 Å². The van der Waals surface area contributed by atoms with Gasteiger partial charge < -0.3 is 15.3 Å². The van der Waals surface area contributed by atoms with Crippen LogP contribution in [0, 0.1) is 0 Å². The molecule has 3 nitrogen and oxygen atoms in total. The van der Waals surface area contributed by atoms with Crippen LogP contribution in [0.1, 0.15) is 32.3 Å². The predicted octanol–water partition coefficient (Wildman–Crippen LogP) is 2.91. The third-order valence-electron chi connectivity index (χ3n) is 3.61. The van der Waals surface area contributed by atoms with Gasteiger partial charge >= 0.3 is 0 Å². The molecule has 0 spiro atoms. The number of nitrogens with zero attached hydrogens (tertiary/aromatic N) is 1. The van der Waals surface area contributed by atoms with E-state index in [1.807, 2.05) is 6.92 Å². The normalized spacial score (nSPS) is 23.7. The third kappa shape index (κ3) is 3.94. The van der Waals surface area contributed by atoms with Crippen LogP contribution >= 0.6 is 15.9 Å². The molecule has 1 aromatic carbocycles. The first-order valence-corrected chi connectivity index (χ1v) is 7.77. The van der Waals surface area contributed by atoms with Crippen molar-refractivity contribution in [2.45, 2.75) is 38.8 Å². The van der Waals surface area contributed by atoms with E-state index in [2.05, 4.69) is 51.3 Å². The van der Waals surface area contributed by atoms with Gasteiger partial charge in [-0.3, -0.25) is 0 Å². The van der Waals surface area contributed by atoms with Gasteiger partial charge in [0.2, 0.25) is 0 Å². The number of nitrogens with one attached hydrogen (secondary N) is 1. The van der Waals surface area contributed by atoms with Gasteiger partial charge in [-0.25, -0.2) is 0 Å². The Morgan fingerprint density at radius 1 is 1.47 bits per heavy atom. The molecule has 0 amide bonds. The topological polar surface area (TPSA) is 35.5 Å². The Bertz CT molecular complexity index is 434. The average Bonchev–Trinajstić information content (AvgIpc) is 2.35. The number of hydrogen-bond acceptors (Lipinski definition) is 3. The van der Waals surface area contributed by atoms with Crippen molar-refractivity contribution in [1.29, 1.82) is 0 Å². The highest BCUT2D eigenvalue weighted by Crippen LogP contribution is 2.32. The first-order valence-electron chi connectivity index (χ1n) is 6.98. The highest BCUT2D eigenvalue weighted by Gasteiger charge is 2.29. The number of anilines is 1. The summed E-state index contributed by atoms with van der Waals surface area (Å²) in [4.78, 5) is 2.27. The maximum absolute atomic E-state index is 10.2. The molecule has 1 unspecified atom stereocenters. The van der Waals surface area contributed by atoms with Crippen LogP contribution in [-0.2, 0) is 6.54 Å². The lowest BCUT2D eigenvalue weighted by Gasteiger charge is -2.38. The molecule has 106 valence electrons. The van der Waals surface area contributed by atoms with E-state index in [9.17, 15) is 5.11 Å². The van der Waals surface area contributed by atoms with Crippen LogP contribution in [-0.4, -0.2) is 30.3 Å². The number of aliphatic hydroxyl groups is 1. The average molecular weight is 327 g/mol. The highest BCUT2D eigenvalue weighted by atomic mass is 79.9. The van der Waals surface area contributed by atoms with Crippen molar-refractivity contribution in [3.63, 3.8) is 0 Å². The van der Waals surface area contributed by atoms with Crippen LogP contribution in [0.15, 0.2) is 22.7 Å². The maximum atomic E-state index is 10.2. The minimum absolute atomic E-state index is 0.569. The molecule has 1 aliphatic heterocycles. The van der Waals surface area contributed by atoms with Crippen molar-refractivity contribution in [2.75, 3.05) is 24.5 Å². The molecule has 0 aliphatic carbocycles. The summed E-state index contributed by atoms with van der Waals surface area (Å²) in [6, 6.07) is 6.48. The lowest BCUT2D eigenvalue weighted by Crippen LogP contribution is -2.46. The number of halogens is 1. The van der Waals surface area contributed by atoms with Crippen molar-refractivity contribution < 1.29 is 5.11 Å². The summed E-state index contributed by atoms with van der Waals surface area (Å²) in [6.45, 7) is 7.63. The Hall–Kier alpha value is -0.580. The summed E-state index contributed by atoms with van der Waals surface area (Å²) in [5.41, 5.74) is 1.89. The van der Waals surface area contributed by atoms with Crippen molar-refractivity contribution >= 4 is 21.6 Å². The molecule has 1 saturated heterocycles. The highest BCUT2D eigenvalue weighted by molar-refractivity contribution is 9.10. The van der Waals surface area contributed by atoms with Gasteiger partial charge in [-0.05, 0) is 59.9 Å². The zero-order valence-corrected chi connectivity index (χ0v) is 13.3. The predicted molar refractivity (Wildman–Crippen MR) is 83.6 cm³/mol. The second-order valence-corrected chi connectivity index (χ2v) is 6.44. The molecule has 1 aliphatic rings. The first-order chi connectivity index (χ1) is 9.02. The Balaban J connectivity index is 2.12. The molecule has 19 heavy (non-hydrogen) atoms. The number of hydrogen-bond donors (Lipinski definition) is 2. The van der Waals surface area contributed by atoms with Crippen molar-refractivity contribution in [2.24, 2.45) is 0 Å². The van der Waals surface area contributed by atoms with Gasteiger partial charge in [0.25, 0.3) is 0 Å². The molecular formula is C15H23BrN2O. The molecule has 0 aromatic heterocycles. The van der Waals surface area contributed by atoms with Crippen molar-refractivity contribution in [3.8, 4) is 0 Å². The lowest BCUT2D eigenvalue weighted by molar-refractivity contribution is 0.0449. The Morgan fingerprint density at radius 2 is 2.26 bits per heavy atom. The Kier molecular flexibility index (Phi) is 4.87. The fourth-order valence-corrected chi connectivity index (χ4v) is 3.29. The summed E-state index contributed by atoms with van der Waals surface area (Å²) in [7, 11) is 0. The SMILES string of the molecule is CCNCc1ccc(N2CCCC(C)(O)C2)c(Br)c1. The molecule has 1 atom stereocenters. The summed E-state index contributed by atoms with van der Waals surface area (Å²) in [5.74, 6) is 0. The van der Waals surface area contributed by atoms with E-state index < -0.39 is 5.60 Å². The summed E-state index contributed by atoms with van der Waals surface area (Å²) in [6.07, 6.45) is 1.93. The first kappa shape index (κ1) is 14.8. The molecule has 0 bridgehead atoms. The molecular weight excluding hydrogens is 304 g/mol. The van der Waals surface area contributed by atoms with Crippen LogP contribution in [0.5, 0.6) is 0 Å². The zero-order valence-electron chi connectivity index (χ0n) is 11.7. The van der Waals surface area contributed by atoms with E-state index in [1.165, 1.54) is 11.3 Å². The fourth-order valence-electron chi connectivity index (χ4n) is 2.61. The number of rotatable bonds is 4. The van der Waals surface area contributed by atoms with E-state index in [1.54, 1.807) is 0 Å². The number of benzene rings is 1. The van der Waals surface area contributed by atoms with E-state index in [0.29, 0.717) is 6.54 Å². The number of β-amino-alcohol motifs (C(OH)–C–C–N with tert-alkyl or cyclic N) is 1. The van der Waals surface area contributed by atoms with Gasteiger partial charge in [-0.1, -0.05) is 13.0 Å². The molecule has 0 radical (unpaired) electrons. The summed E-state index contributed by atoms with van der Waals surface area (Å²) < 4.78 is 1.11. The Morgan fingerprint density at radius 3 is 2.89 bits per heavy atom. The van der Waals surface area contributed by atoms with Crippen LogP contribution in [0.2, 0.25) is 0 Å². The lowest BCUT2D eigenvalue weighted by atomic mass is 9.94. The van der Waals surface area contributed by atoms with Gasteiger partial charge in [0.15, 0.2) is 0 Å². The monoisotopic (exact) mass is 326 g/mol. The van der Waals surface area contributed by atoms with Gasteiger partial charge in [0.05, 0.1) is 11.3 Å². The van der Waals surface area contributed by atoms with Gasteiger partial charge in [0, 0.05) is 24.1 Å².